The molecule has 1 fully saturated rings. The molecule has 2 aromatic rings. The number of hydrogen-bond acceptors (Lipinski definition) is 4. The first-order valence-electron chi connectivity index (χ1n) is 7.62. The van der Waals surface area contributed by atoms with Crippen LogP contribution in [0.25, 0.3) is 0 Å². The standard InChI is InChI=1S/C15H21N5O2/c1-3-5-19-6-4-12(18-19)15(21)20-7-8-22-10-13(20)14-11(2)9-16-17-14/h4,6,9,13H,3,5,7-8,10H2,1-2H3,(H,16,17). The lowest BCUT2D eigenvalue weighted by Crippen LogP contribution is -2.44. The van der Waals surface area contributed by atoms with Gasteiger partial charge in [0, 0.05) is 19.3 Å². The first-order valence-corrected chi connectivity index (χ1v) is 7.62. The normalized spacial score (nSPS) is 18.6. The van der Waals surface area contributed by atoms with Crippen LogP contribution >= 0.6 is 0 Å². The number of morpholine rings is 1. The van der Waals surface area contributed by atoms with Crippen LogP contribution in [-0.2, 0) is 11.3 Å². The van der Waals surface area contributed by atoms with Crippen molar-refractivity contribution in [2.75, 3.05) is 19.8 Å². The molecule has 1 unspecified atom stereocenters. The number of amides is 1. The van der Waals surface area contributed by atoms with E-state index >= 15 is 0 Å². The lowest BCUT2D eigenvalue weighted by molar-refractivity contribution is -0.00442. The molecule has 0 aromatic carbocycles. The second kappa shape index (κ2) is 6.31. The predicted octanol–water partition coefficient (Wildman–Crippen LogP) is 1.54. The number of hydrogen-bond donors (Lipinski definition) is 1. The molecule has 22 heavy (non-hydrogen) atoms. The molecule has 1 amide bonds. The van der Waals surface area contributed by atoms with Gasteiger partial charge < -0.3 is 9.64 Å². The molecule has 3 rings (SSSR count). The number of aromatic amines is 1. The van der Waals surface area contributed by atoms with E-state index in [0.717, 1.165) is 24.2 Å². The van der Waals surface area contributed by atoms with E-state index in [-0.39, 0.29) is 11.9 Å². The molecule has 1 saturated heterocycles. The SMILES string of the molecule is CCCn1ccc(C(=O)N2CCOCC2c2[nH]ncc2C)n1. The van der Waals surface area contributed by atoms with Crippen LogP contribution in [0, 0.1) is 6.92 Å². The molecule has 0 aliphatic carbocycles. The van der Waals surface area contributed by atoms with Crippen molar-refractivity contribution in [1.29, 1.82) is 0 Å². The molecule has 0 bridgehead atoms. The average Bonchev–Trinajstić information content (AvgIpc) is 3.16. The third-order valence-electron chi connectivity index (χ3n) is 3.90. The van der Waals surface area contributed by atoms with Crippen LogP contribution in [-0.4, -0.2) is 50.5 Å². The van der Waals surface area contributed by atoms with Crippen molar-refractivity contribution in [2.24, 2.45) is 0 Å². The average molecular weight is 303 g/mol. The molecular weight excluding hydrogens is 282 g/mol. The number of H-pyrrole nitrogens is 1. The zero-order valence-electron chi connectivity index (χ0n) is 13.0. The summed E-state index contributed by atoms with van der Waals surface area (Å²) >= 11 is 0. The van der Waals surface area contributed by atoms with Gasteiger partial charge in [-0.05, 0) is 25.0 Å². The van der Waals surface area contributed by atoms with E-state index in [1.165, 1.54) is 0 Å². The van der Waals surface area contributed by atoms with Crippen molar-refractivity contribution >= 4 is 5.91 Å². The lowest BCUT2D eigenvalue weighted by Gasteiger charge is -2.34. The summed E-state index contributed by atoms with van der Waals surface area (Å²) in [6.45, 7) is 6.46. The number of nitrogens with zero attached hydrogens (tertiary/aromatic N) is 4. The van der Waals surface area contributed by atoms with Gasteiger partial charge >= 0.3 is 0 Å². The Labute approximate surface area is 129 Å². The van der Waals surface area contributed by atoms with Crippen molar-refractivity contribution in [3.05, 3.63) is 35.4 Å². The highest BCUT2D eigenvalue weighted by Gasteiger charge is 2.32. The number of carbonyl (C=O) groups is 1. The zero-order chi connectivity index (χ0) is 15.5. The van der Waals surface area contributed by atoms with E-state index < -0.39 is 0 Å². The molecule has 1 atom stereocenters. The molecule has 3 heterocycles. The van der Waals surface area contributed by atoms with Crippen LogP contribution in [0.15, 0.2) is 18.5 Å². The van der Waals surface area contributed by atoms with E-state index in [0.29, 0.717) is 25.5 Å². The van der Waals surface area contributed by atoms with Gasteiger partial charge in [0.15, 0.2) is 0 Å². The molecular formula is C15H21N5O2. The lowest BCUT2D eigenvalue weighted by atomic mass is 10.1. The monoisotopic (exact) mass is 303 g/mol. The van der Waals surface area contributed by atoms with Crippen LogP contribution in [0.2, 0.25) is 0 Å². The quantitative estimate of drug-likeness (QED) is 0.929. The van der Waals surface area contributed by atoms with Gasteiger partial charge in [-0.25, -0.2) is 0 Å². The number of aryl methyl sites for hydroxylation is 2. The Kier molecular flexibility index (Phi) is 4.24. The summed E-state index contributed by atoms with van der Waals surface area (Å²) in [5.41, 5.74) is 2.45. The maximum absolute atomic E-state index is 12.8. The molecule has 7 nitrogen and oxygen atoms in total. The Hall–Kier alpha value is -2.15. The van der Waals surface area contributed by atoms with Crippen molar-refractivity contribution in [3.63, 3.8) is 0 Å². The third kappa shape index (κ3) is 2.76. The third-order valence-corrected chi connectivity index (χ3v) is 3.90. The Balaban J connectivity index is 1.83. The minimum absolute atomic E-state index is 0.0582. The van der Waals surface area contributed by atoms with Crippen molar-refractivity contribution in [1.82, 2.24) is 24.9 Å². The maximum atomic E-state index is 12.8. The van der Waals surface area contributed by atoms with Gasteiger partial charge in [0.05, 0.1) is 31.1 Å². The summed E-state index contributed by atoms with van der Waals surface area (Å²) < 4.78 is 7.36. The smallest absolute Gasteiger partial charge is 0.275 e. The molecule has 0 saturated carbocycles. The van der Waals surface area contributed by atoms with Gasteiger partial charge in [0.25, 0.3) is 5.91 Å². The highest BCUT2D eigenvalue weighted by Crippen LogP contribution is 2.26. The van der Waals surface area contributed by atoms with Crippen LogP contribution in [0.4, 0.5) is 0 Å². The van der Waals surface area contributed by atoms with E-state index in [4.69, 9.17) is 4.74 Å². The largest absolute Gasteiger partial charge is 0.377 e. The van der Waals surface area contributed by atoms with E-state index in [2.05, 4.69) is 22.2 Å². The van der Waals surface area contributed by atoms with Crippen LogP contribution < -0.4 is 0 Å². The van der Waals surface area contributed by atoms with Crippen molar-refractivity contribution in [2.45, 2.75) is 32.9 Å². The van der Waals surface area contributed by atoms with Gasteiger partial charge in [-0.15, -0.1) is 0 Å². The van der Waals surface area contributed by atoms with Gasteiger partial charge in [-0.3, -0.25) is 14.6 Å². The van der Waals surface area contributed by atoms with E-state index in [1.54, 1.807) is 12.3 Å². The Morgan fingerprint density at radius 1 is 1.55 bits per heavy atom. The number of carbonyl (C=O) groups excluding carboxylic acids is 1. The summed E-state index contributed by atoms with van der Waals surface area (Å²) in [5.74, 6) is -0.0582. The van der Waals surface area contributed by atoms with Crippen molar-refractivity contribution < 1.29 is 9.53 Å². The molecule has 1 aliphatic heterocycles. The van der Waals surface area contributed by atoms with Crippen molar-refractivity contribution in [3.8, 4) is 0 Å². The minimum Gasteiger partial charge on any atom is -0.377 e. The topological polar surface area (TPSA) is 76.0 Å². The minimum atomic E-state index is -0.139. The fourth-order valence-electron chi connectivity index (χ4n) is 2.76. The van der Waals surface area contributed by atoms with E-state index in [1.807, 2.05) is 22.7 Å². The Bertz CT molecular complexity index is 648. The first-order chi connectivity index (χ1) is 10.7. The number of rotatable bonds is 4. The predicted molar refractivity (Wildman–Crippen MR) is 80.4 cm³/mol. The molecule has 0 radical (unpaired) electrons. The Morgan fingerprint density at radius 2 is 2.41 bits per heavy atom. The Morgan fingerprint density at radius 3 is 3.14 bits per heavy atom. The van der Waals surface area contributed by atoms with Gasteiger partial charge in [0.2, 0.25) is 0 Å². The summed E-state index contributed by atoms with van der Waals surface area (Å²) in [4.78, 5) is 14.6. The maximum Gasteiger partial charge on any atom is 0.275 e. The zero-order valence-corrected chi connectivity index (χ0v) is 13.0. The van der Waals surface area contributed by atoms with E-state index in [9.17, 15) is 4.79 Å². The number of aromatic nitrogens is 4. The fourth-order valence-corrected chi connectivity index (χ4v) is 2.76. The van der Waals surface area contributed by atoms with Crippen LogP contribution in [0.5, 0.6) is 0 Å². The second-order valence-corrected chi connectivity index (χ2v) is 5.52. The fraction of sp³-hybridized carbons (Fsp3) is 0.533. The molecule has 1 N–H and O–H groups in total. The highest BCUT2D eigenvalue weighted by molar-refractivity contribution is 5.92. The highest BCUT2D eigenvalue weighted by atomic mass is 16.5. The molecule has 2 aromatic heterocycles. The van der Waals surface area contributed by atoms with Gasteiger partial charge in [-0.1, -0.05) is 6.92 Å². The summed E-state index contributed by atoms with van der Waals surface area (Å²) in [6, 6.07) is 1.64. The molecule has 118 valence electrons. The van der Waals surface area contributed by atoms with Crippen LogP contribution in [0.3, 0.4) is 0 Å². The van der Waals surface area contributed by atoms with Gasteiger partial charge in [0.1, 0.15) is 5.69 Å². The summed E-state index contributed by atoms with van der Waals surface area (Å²) in [5, 5.41) is 11.4. The van der Waals surface area contributed by atoms with Gasteiger partial charge in [-0.2, -0.15) is 10.2 Å². The second-order valence-electron chi connectivity index (χ2n) is 5.52. The molecule has 0 spiro atoms. The summed E-state index contributed by atoms with van der Waals surface area (Å²) in [6.07, 6.45) is 4.61. The molecule has 7 heteroatoms. The first kappa shape index (κ1) is 14.8. The number of ether oxygens (including phenoxy) is 1. The van der Waals surface area contributed by atoms with Crippen LogP contribution in [0.1, 0.15) is 41.1 Å². The summed E-state index contributed by atoms with van der Waals surface area (Å²) in [7, 11) is 0. The number of nitrogens with one attached hydrogen (secondary N) is 1. The molecule has 1 aliphatic rings.